The molecule has 1 aromatic carbocycles. The van der Waals surface area contributed by atoms with Crippen molar-refractivity contribution in [2.75, 3.05) is 0 Å². The van der Waals surface area contributed by atoms with Crippen LogP contribution >= 0.6 is 0 Å². The van der Waals surface area contributed by atoms with Crippen molar-refractivity contribution in [1.82, 2.24) is 15.0 Å². The van der Waals surface area contributed by atoms with Gasteiger partial charge in [0.1, 0.15) is 5.71 Å². The van der Waals surface area contributed by atoms with Crippen LogP contribution in [0.1, 0.15) is 35.0 Å². The highest BCUT2D eigenvalue weighted by atomic mass is 15.5. The molecule has 4 rings (SSSR count). The Morgan fingerprint density at radius 1 is 0.885 bits per heavy atom. The number of pyridine rings is 2. The first-order chi connectivity index (χ1) is 12.8. The first-order valence-corrected chi connectivity index (χ1v) is 8.77. The van der Waals surface area contributed by atoms with Gasteiger partial charge in [0.2, 0.25) is 0 Å². The maximum absolute atomic E-state index is 4.95. The van der Waals surface area contributed by atoms with E-state index in [9.17, 15) is 0 Å². The van der Waals surface area contributed by atoms with Gasteiger partial charge >= 0.3 is 0 Å². The Morgan fingerprint density at radius 3 is 2.46 bits per heavy atom. The van der Waals surface area contributed by atoms with E-state index < -0.39 is 0 Å². The summed E-state index contributed by atoms with van der Waals surface area (Å²) in [6.45, 7) is 6.96. The molecule has 2 aromatic heterocycles. The van der Waals surface area contributed by atoms with Crippen molar-refractivity contribution in [2.24, 2.45) is 5.10 Å². The van der Waals surface area contributed by atoms with Crippen LogP contribution in [0.25, 0.3) is 5.70 Å². The van der Waals surface area contributed by atoms with Crippen LogP contribution in [0.5, 0.6) is 0 Å². The molecule has 0 atom stereocenters. The minimum Gasteiger partial charge on any atom is -0.259 e. The quantitative estimate of drug-likeness (QED) is 0.712. The van der Waals surface area contributed by atoms with Gasteiger partial charge in [-0.1, -0.05) is 43.8 Å². The lowest BCUT2D eigenvalue weighted by Crippen LogP contribution is -2.26. The number of fused-ring (bicyclic) bond motifs is 1. The molecule has 0 saturated heterocycles. The number of aromatic nitrogens is 2. The molecule has 0 spiro atoms. The van der Waals surface area contributed by atoms with Gasteiger partial charge < -0.3 is 0 Å². The summed E-state index contributed by atoms with van der Waals surface area (Å²) in [6, 6.07) is 18.3. The second kappa shape index (κ2) is 6.92. The summed E-state index contributed by atoms with van der Waals surface area (Å²) in [5.41, 5.74) is 6.99. The van der Waals surface area contributed by atoms with Gasteiger partial charge in [-0.2, -0.15) is 5.10 Å². The Bertz CT molecular complexity index is 976. The number of benzene rings is 1. The van der Waals surface area contributed by atoms with Gasteiger partial charge in [-0.25, -0.2) is 0 Å². The molecule has 0 fully saturated rings. The smallest absolute Gasteiger partial charge is 0.101 e. The first-order valence-electron chi connectivity index (χ1n) is 8.77. The second-order valence-corrected chi connectivity index (χ2v) is 6.18. The second-order valence-electron chi connectivity index (χ2n) is 6.18. The molecule has 0 saturated carbocycles. The molecule has 128 valence electrons. The van der Waals surface area contributed by atoms with Crippen LogP contribution in [0.15, 0.2) is 78.7 Å². The van der Waals surface area contributed by atoms with Crippen molar-refractivity contribution in [2.45, 2.75) is 19.9 Å². The fourth-order valence-corrected chi connectivity index (χ4v) is 3.22. The van der Waals surface area contributed by atoms with Crippen LogP contribution in [0.3, 0.4) is 0 Å². The van der Waals surface area contributed by atoms with Crippen LogP contribution in [0.2, 0.25) is 0 Å². The Labute approximate surface area is 153 Å². The fourth-order valence-electron chi connectivity index (χ4n) is 3.22. The topological polar surface area (TPSA) is 41.4 Å². The van der Waals surface area contributed by atoms with Crippen LogP contribution < -0.4 is 0 Å². The molecule has 3 aromatic rings. The summed E-state index contributed by atoms with van der Waals surface area (Å²) >= 11 is 0. The standard InChI is InChI=1S/C22H20N4/c1-3-17-9-4-5-11-19(17)22-20-12-8-14-24-21(20)16(2)26(25-22)15-18-10-6-7-13-23-18/h4-14H,2-3,15H2,1H3. The molecule has 0 bridgehead atoms. The van der Waals surface area contributed by atoms with Gasteiger partial charge in [-0.3, -0.25) is 15.0 Å². The van der Waals surface area contributed by atoms with E-state index in [4.69, 9.17) is 5.10 Å². The minimum atomic E-state index is 0.563. The normalized spacial score (nSPS) is 13.3. The lowest BCUT2D eigenvalue weighted by Gasteiger charge is -2.29. The molecule has 0 amide bonds. The average molecular weight is 340 g/mol. The maximum Gasteiger partial charge on any atom is 0.101 e. The number of aryl methyl sites for hydroxylation is 1. The summed E-state index contributed by atoms with van der Waals surface area (Å²) < 4.78 is 0. The number of rotatable bonds is 4. The van der Waals surface area contributed by atoms with Crippen LogP contribution in [0, 0.1) is 0 Å². The molecule has 0 unspecified atom stereocenters. The number of hydrogen-bond acceptors (Lipinski definition) is 4. The Hall–Kier alpha value is -3.27. The first kappa shape index (κ1) is 16.2. The highest BCUT2D eigenvalue weighted by Gasteiger charge is 2.25. The van der Waals surface area contributed by atoms with Crippen LogP contribution in [0.4, 0.5) is 0 Å². The highest BCUT2D eigenvalue weighted by Crippen LogP contribution is 2.30. The summed E-state index contributed by atoms with van der Waals surface area (Å²) in [5, 5.41) is 6.85. The molecular weight excluding hydrogens is 320 g/mol. The zero-order chi connectivity index (χ0) is 17.9. The van der Waals surface area contributed by atoms with Crippen LogP contribution in [-0.2, 0) is 13.0 Å². The minimum absolute atomic E-state index is 0.563. The van der Waals surface area contributed by atoms with E-state index in [2.05, 4.69) is 53.8 Å². The van der Waals surface area contributed by atoms with E-state index in [0.717, 1.165) is 40.3 Å². The van der Waals surface area contributed by atoms with Gasteiger partial charge in [0.05, 0.1) is 23.6 Å². The third-order valence-electron chi connectivity index (χ3n) is 4.56. The van der Waals surface area contributed by atoms with Gasteiger partial charge in [0, 0.05) is 23.5 Å². The van der Waals surface area contributed by atoms with E-state index in [1.54, 1.807) is 12.4 Å². The van der Waals surface area contributed by atoms with Crippen molar-refractivity contribution in [3.8, 4) is 0 Å². The van der Waals surface area contributed by atoms with E-state index in [-0.39, 0.29) is 0 Å². The van der Waals surface area contributed by atoms with Gasteiger partial charge in [-0.05, 0) is 36.2 Å². The molecule has 4 heteroatoms. The monoisotopic (exact) mass is 340 g/mol. The summed E-state index contributed by atoms with van der Waals surface area (Å²) in [6.07, 6.45) is 4.55. The largest absolute Gasteiger partial charge is 0.259 e. The van der Waals surface area contributed by atoms with E-state index in [0.29, 0.717) is 6.54 Å². The maximum atomic E-state index is 4.95. The van der Waals surface area contributed by atoms with Gasteiger partial charge in [0.25, 0.3) is 0 Å². The van der Waals surface area contributed by atoms with E-state index in [1.807, 2.05) is 29.3 Å². The predicted octanol–water partition coefficient (Wildman–Crippen LogP) is 4.28. The summed E-state index contributed by atoms with van der Waals surface area (Å²) in [7, 11) is 0. The van der Waals surface area contributed by atoms with Gasteiger partial charge in [0.15, 0.2) is 0 Å². The zero-order valence-corrected chi connectivity index (χ0v) is 14.8. The third kappa shape index (κ3) is 2.90. The van der Waals surface area contributed by atoms with E-state index in [1.165, 1.54) is 5.56 Å². The van der Waals surface area contributed by atoms with Gasteiger partial charge in [-0.15, -0.1) is 0 Å². The van der Waals surface area contributed by atoms with E-state index >= 15 is 0 Å². The lowest BCUT2D eigenvalue weighted by atomic mass is 9.94. The molecule has 0 N–H and O–H groups in total. The molecule has 4 nitrogen and oxygen atoms in total. The number of hydrazone groups is 1. The molecule has 1 aliphatic heterocycles. The van der Waals surface area contributed by atoms with Crippen molar-refractivity contribution >= 4 is 11.4 Å². The average Bonchev–Trinajstić information content (AvgIpc) is 2.71. The van der Waals surface area contributed by atoms with Crippen molar-refractivity contribution in [1.29, 1.82) is 0 Å². The van der Waals surface area contributed by atoms with Crippen molar-refractivity contribution in [3.63, 3.8) is 0 Å². The predicted molar refractivity (Wildman–Crippen MR) is 105 cm³/mol. The molecule has 0 aliphatic carbocycles. The number of nitrogens with zero attached hydrogens (tertiary/aromatic N) is 4. The fraction of sp³-hybridized carbons (Fsp3) is 0.136. The molecular formula is C22H20N4. The van der Waals surface area contributed by atoms with Crippen LogP contribution in [-0.4, -0.2) is 20.7 Å². The van der Waals surface area contributed by atoms with Crippen molar-refractivity contribution < 1.29 is 0 Å². The SMILES string of the molecule is C=C1c2ncccc2C(c2ccccc2CC)=NN1Cc1ccccn1. The Morgan fingerprint density at radius 2 is 1.65 bits per heavy atom. The lowest BCUT2D eigenvalue weighted by molar-refractivity contribution is 0.405. The third-order valence-corrected chi connectivity index (χ3v) is 4.56. The molecule has 0 radical (unpaired) electrons. The highest BCUT2D eigenvalue weighted by molar-refractivity contribution is 6.16. The zero-order valence-electron chi connectivity index (χ0n) is 14.8. The summed E-state index contributed by atoms with van der Waals surface area (Å²) in [4.78, 5) is 9.00. The Balaban J connectivity index is 1.84. The molecule has 26 heavy (non-hydrogen) atoms. The molecule has 1 aliphatic rings. The molecule has 3 heterocycles. The van der Waals surface area contributed by atoms with Crippen molar-refractivity contribution in [3.05, 3.63) is 102 Å². The summed E-state index contributed by atoms with van der Waals surface area (Å²) in [5.74, 6) is 0. The number of hydrogen-bond donors (Lipinski definition) is 0. The Kier molecular flexibility index (Phi) is 4.32.